The highest BCUT2D eigenvalue weighted by atomic mass is 16.8. The Morgan fingerprint density at radius 1 is 1.00 bits per heavy atom. The van der Waals surface area contributed by atoms with E-state index in [2.05, 4.69) is 0 Å². The molecule has 122 valence electrons. The number of hydrogen-bond donors (Lipinski definition) is 1. The summed E-state index contributed by atoms with van der Waals surface area (Å²) in [7, 11) is 0. The van der Waals surface area contributed by atoms with Gasteiger partial charge in [0.1, 0.15) is 24.4 Å². The zero-order valence-corrected chi connectivity index (χ0v) is 13.5. The van der Waals surface area contributed by atoms with Crippen LogP contribution in [-0.4, -0.2) is 41.6 Å². The summed E-state index contributed by atoms with van der Waals surface area (Å²) in [4.78, 5) is 0. The molecule has 2 fully saturated rings. The van der Waals surface area contributed by atoms with E-state index in [1.165, 1.54) is 0 Å². The first-order valence-corrected chi connectivity index (χ1v) is 7.68. The first-order valence-electron chi connectivity index (χ1n) is 7.68. The zero-order valence-electron chi connectivity index (χ0n) is 13.5. The molecule has 5 heteroatoms. The molecule has 0 radical (unpaired) electrons. The third kappa shape index (κ3) is 3.19. The van der Waals surface area contributed by atoms with E-state index in [1.807, 2.05) is 58.0 Å². The van der Waals surface area contributed by atoms with Crippen LogP contribution >= 0.6 is 0 Å². The van der Waals surface area contributed by atoms with Gasteiger partial charge in [0.15, 0.2) is 11.6 Å². The van der Waals surface area contributed by atoms with Crippen molar-refractivity contribution < 1.29 is 24.1 Å². The highest BCUT2D eigenvalue weighted by molar-refractivity contribution is 5.19. The Morgan fingerprint density at radius 2 is 1.68 bits per heavy atom. The van der Waals surface area contributed by atoms with E-state index < -0.39 is 23.8 Å². The lowest BCUT2D eigenvalue weighted by Crippen LogP contribution is -2.41. The van der Waals surface area contributed by atoms with Crippen molar-refractivity contribution in [2.24, 2.45) is 0 Å². The van der Waals surface area contributed by atoms with Crippen LogP contribution in [0, 0.1) is 0 Å². The molecule has 0 aliphatic carbocycles. The highest BCUT2D eigenvalue weighted by Crippen LogP contribution is 2.40. The highest BCUT2D eigenvalue weighted by Gasteiger charge is 2.52. The molecule has 5 nitrogen and oxygen atoms in total. The van der Waals surface area contributed by atoms with Crippen molar-refractivity contribution in [2.45, 2.75) is 63.7 Å². The fraction of sp³-hybridized carbons (Fsp3) is 0.647. The second-order valence-corrected chi connectivity index (χ2v) is 6.79. The number of aliphatic hydroxyl groups excluding tert-OH is 1. The lowest BCUT2D eigenvalue weighted by Gasteiger charge is -2.26. The molecular weight excluding hydrogens is 284 g/mol. The SMILES string of the molecule is CC1(C)O[C@H]([C@H]2COC(C)(C)O2)[C@@H]([C@@H](O)c2ccccc2)O1. The predicted molar refractivity (Wildman–Crippen MR) is 80.1 cm³/mol. The number of aliphatic hydroxyl groups is 1. The van der Waals surface area contributed by atoms with Crippen LogP contribution in [0.2, 0.25) is 0 Å². The molecule has 1 N–H and O–H groups in total. The van der Waals surface area contributed by atoms with Gasteiger partial charge in [0.2, 0.25) is 0 Å². The maximum atomic E-state index is 10.7. The van der Waals surface area contributed by atoms with Crippen LogP contribution in [-0.2, 0) is 18.9 Å². The van der Waals surface area contributed by atoms with Crippen LogP contribution in [0.1, 0.15) is 39.4 Å². The van der Waals surface area contributed by atoms with Gasteiger partial charge in [-0.3, -0.25) is 0 Å². The fourth-order valence-corrected chi connectivity index (χ4v) is 3.07. The molecule has 2 saturated heterocycles. The van der Waals surface area contributed by atoms with Crippen LogP contribution < -0.4 is 0 Å². The van der Waals surface area contributed by atoms with Crippen molar-refractivity contribution in [1.82, 2.24) is 0 Å². The zero-order chi connectivity index (χ0) is 16.0. The minimum Gasteiger partial charge on any atom is -0.386 e. The van der Waals surface area contributed by atoms with Gasteiger partial charge >= 0.3 is 0 Å². The van der Waals surface area contributed by atoms with Gasteiger partial charge in [-0.05, 0) is 33.3 Å². The monoisotopic (exact) mass is 308 g/mol. The minimum absolute atomic E-state index is 0.264. The van der Waals surface area contributed by atoms with Gasteiger partial charge in [-0.25, -0.2) is 0 Å². The van der Waals surface area contributed by atoms with E-state index in [0.29, 0.717) is 6.61 Å². The minimum atomic E-state index is -0.778. The fourth-order valence-electron chi connectivity index (χ4n) is 3.07. The first-order chi connectivity index (χ1) is 10.3. The van der Waals surface area contributed by atoms with E-state index in [9.17, 15) is 5.11 Å². The van der Waals surface area contributed by atoms with Gasteiger partial charge in [0.05, 0.1) is 6.61 Å². The van der Waals surface area contributed by atoms with E-state index in [4.69, 9.17) is 18.9 Å². The van der Waals surface area contributed by atoms with Crippen molar-refractivity contribution >= 4 is 0 Å². The van der Waals surface area contributed by atoms with Gasteiger partial charge in [-0.15, -0.1) is 0 Å². The molecule has 0 unspecified atom stereocenters. The third-order valence-corrected chi connectivity index (χ3v) is 4.01. The molecule has 1 aromatic rings. The average Bonchev–Trinajstić information content (AvgIpc) is 2.98. The Balaban J connectivity index is 1.81. The van der Waals surface area contributed by atoms with E-state index in [-0.39, 0.29) is 12.2 Å². The lowest BCUT2D eigenvalue weighted by atomic mass is 9.97. The number of benzene rings is 1. The quantitative estimate of drug-likeness (QED) is 0.929. The topological polar surface area (TPSA) is 57.2 Å². The summed E-state index contributed by atoms with van der Waals surface area (Å²) in [6, 6.07) is 9.47. The summed E-state index contributed by atoms with van der Waals surface area (Å²) in [5.74, 6) is -1.40. The maximum Gasteiger partial charge on any atom is 0.164 e. The summed E-state index contributed by atoms with van der Waals surface area (Å²) in [5, 5.41) is 10.7. The van der Waals surface area contributed by atoms with Gasteiger partial charge in [0.25, 0.3) is 0 Å². The molecular formula is C17H24O5. The molecule has 2 aliphatic rings. The van der Waals surface area contributed by atoms with Crippen molar-refractivity contribution in [3.63, 3.8) is 0 Å². The Bertz CT molecular complexity index is 513. The first kappa shape index (κ1) is 15.9. The largest absolute Gasteiger partial charge is 0.386 e. The predicted octanol–water partition coefficient (Wildman–Crippen LogP) is 2.39. The van der Waals surface area contributed by atoms with Crippen LogP contribution in [0.25, 0.3) is 0 Å². The summed E-state index contributed by atoms with van der Waals surface area (Å²) in [6.45, 7) is 7.86. The van der Waals surface area contributed by atoms with E-state index in [1.54, 1.807) is 0 Å². The molecule has 2 aliphatic heterocycles. The molecule has 0 aromatic heterocycles. The molecule has 0 saturated carbocycles. The van der Waals surface area contributed by atoms with Crippen molar-refractivity contribution in [2.75, 3.05) is 6.61 Å². The molecule has 0 bridgehead atoms. The summed E-state index contributed by atoms with van der Waals surface area (Å²) >= 11 is 0. The van der Waals surface area contributed by atoms with Gasteiger partial charge in [-0.1, -0.05) is 30.3 Å². The molecule has 22 heavy (non-hydrogen) atoms. The second kappa shape index (κ2) is 5.58. The maximum absolute atomic E-state index is 10.7. The Hall–Kier alpha value is -0.980. The number of rotatable bonds is 3. The summed E-state index contributed by atoms with van der Waals surface area (Å²) < 4.78 is 23.5. The number of hydrogen-bond acceptors (Lipinski definition) is 5. The average molecular weight is 308 g/mol. The van der Waals surface area contributed by atoms with Gasteiger partial charge < -0.3 is 24.1 Å². The van der Waals surface area contributed by atoms with Crippen LogP contribution in [0.4, 0.5) is 0 Å². The number of ether oxygens (including phenoxy) is 4. The molecule has 2 heterocycles. The van der Waals surface area contributed by atoms with E-state index in [0.717, 1.165) is 5.56 Å². The lowest BCUT2D eigenvalue weighted by molar-refractivity contribution is -0.175. The summed E-state index contributed by atoms with van der Waals surface area (Å²) in [5.41, 5.74) is 0.803. The second-order valence-electron chi connectivity index (χ2n) is 6.79. The van der Waals surface area contributed by atoms with E-state index >= 15 is 0 Å². The van der Waals surface area contributed by atoms with Crippen molar-refractivity contribution in [1.29, 1.82) is 0 Å². The molecule has 0 amide bonds. The molecule has 1 aromatic carbocycles. The molecule has 4 atom stereocenters. The normalized spacial score (nSPS) is 34.7. The standard InChI is InChI=1S/C17H24O5/c1-16(2)19-10-12(20-16)14-15(22-17(3,4)21-14)13(18)11-8-6-5-7-9-11/h5-9,12-15,18H,10H2,1-4H3/t12-,13+,14-,15-/m1/s1. The van der Waals surface area contributed by atoms with Crippen molar-refractivity contribution in [3.8, 4) is 0 Å². The van der Waals surface area contributed by atoms with Crippen molar-refractivity contribution in [3.05, 3.63) is 35.9 Å². The van der Waals surface area contributed by atoms with Crippen LogP contribution in [0.15, 0.2) is 30.3 Å². The van der Waals surface area contributed by atoms with Gasteiger partial charge in [-0.2, -0.15) is 0 Å². The van der Waals surface area contributed by atoms with Crippen LogP contribution in [0.5, 0.6) is 0 Å². The van der Waals surface area contributed by atoms with Gasteiger partial charge in [0, 0.05) is 0 Å². The Morgan fingerprint density at radius 3 is 2.27 bits per heavy atom. The Labute approximate surface area is 131 Å². The molecule has 3 rings (SSSR count). The third-order valence-electron chi connectivity index (χ3n) is 4.01. The summed E-state index contributed by atoms with van der Waals surface area (Å²) in [6.07, 6.45) is -1.92. The Kier molecular flexibility index (Phi) is 4.03. The molecule has 0 spiro atoms. The van der Waals surface area contributed by atoms with Crippen LogP contribution in [0.3, 0.4) is 0 Å². The smallest absolute Gasteiger partial charge is 0.164 e.